The van der Waals surface area contributed by atoms with Crippen LogP contribution < -0.4 is 5.73 Å². The molecule has 11 heteroatoms. The van der Waals surface area contributed by atoms with E-state index in [1.54, 1.807) is 23.0 Å². The van der Waals surface area contributed by atoms with Crippen molar-refractivity contribution in [2.45, 2.75) is 24.5 Å². The minimum absolute atomic E-state index is 0.134. The molecule has 3 heterocycles. The van der Waals surface area contributed by atoms with E-state index < -0.39 is 24.5 Å². The molecule has 1 saturated heterocycles. The van der Waals surface area contributed by atoms with E-state index in [4.69, 9.17) is 25.8 Å². The molecule has 0 radical (unpaired) electrons. The SMILES string of the molecule is Nc1nc(=S)c2ncn([C@@H]3O[C@H](COI)C(O)C3O)c2[nH]1. The van der Waals surface area contributed by atoms with E-state index in [1.807, 2.05) is 0 Å². The molecule has 0 aliphatic carbocycles. The number of fused-ring (bicyclic) bond motifs is 1. The van der Waals surface area contributed by atoms with Gasteiger partial charge in [0.1, 0.15) is 52.5 Å². The molecule has 5 N–H and O–H groups in total. The van der Waals surface area contributed by atoms with Crippen LogP contribution >= 0.6 is 35.2 Å². The van der Waals surface area contributed by atoms with Crippen LogP contribution in [-0.2, 0) is 7.80 Å². The number of nitrogens with one attached hydrogen (secondary N) is 1. The van der Waals surface area contributed by atoms with Crippen LogP contribution in [0.15, 0.2) is 6.33 Å². The van der Waals surface area contributed by atoms with Gasteiger partial charge in [-0.15, -0.1) is 0 Å². The smallest absolute Gasteiger partial charge is 0.200 e. The second-order valence-electron chi connectivity index (χ2n) is 4.60. The average molecular weight is 425 g/mol. The lowest BCUT2D eigenvalue weighted by molar-refractivity contribution is -0.0432. The Morgan fingerprint density at radius 1 is 1.52 bits per heavy atom. The van der Waals surface area contributed by atoms with Gasteiger partial charge in [0.2, 0.25) is 0 Å². The van der Waals surface area contributed by atoms with Gasteiger partial charge >= 0.3 is 0 Å². The van der Waals surface area contributed by atoms with E-state index >= 15 is 0 Å². The van der Waals surface area contributed by atoms with Crippen molar-refractivity contribution in [1.82, 2.24) is 19.5 Å². The second-order valence-corrected chi connectivity index (χ2v) is 5.61. The number of hydrogen-bond acceptors (Lipinski definition) is 8. The molecule has 2 unspecified atom stereocenters. The number of nitrogen functional groups attached to an aromatic ring is 1. The number of H-pyrrole nitrogens is 1. The van der Waals surface area contributed by atoms with E-state index in [9.17, 15) is 10.2 Å². The van der Waals surface area contributed by atoms with Gasteiger partial charge in [-0.1, -0.05) is 12.2 Å². The molecule has 0 aromatic carbocycles. The van der Waals surface area contributed by atoms with Crippen LogP contribution in [0.4, 0.5) is 5.95 Å². The van der Waals surface area contributed by atoms with Crippen molar-refractivity contribution < 1.29 is 18.0 Å². The first-order valence-corrected chi connectivity index (χ1v) is 7.29. The van der Waals surface area contributed by atoms with Crippen LogP contribution in [0.5, 0.6) is 0 Å². The number of rotatable bonds is 3. The minimum atomic E-state index is -1.13. The van der Waals surface area contributed by atoms with Gasteiger partial charge in [-0.3, -0.25) is 4.57 Å². The third kappa shape index (κ3) is 2.53. The maximum atomic E-state index is 10.2. The molecule has 9 nitrogen and oxygen atoms in total. The summed E-state index contributed by atoms with van der Waals surface area (Å²) in [5.74, 6) is 0.134. The highest BCUT2D eigenvalue weighted by Gasteiger charge is 2.44. The molecule has 0 saturated carbocycles. The van der Waals surface area contributed by atoms with Gasteiger partial charge in [-0.2, -0.15) is 0 Å². The van der Waals surface area contributed by atoms with Crippen LogP contribution in [-0.4, -0.2) is 54.7 Å². The summed E-state index contributed by atoms with van der Waals surface area (Å²) in [4.78, 5) is 10.9. The molecule has 0 bridgehead atoms. The molecule has 4 atom stereocenters. The fourth-order valence-corrected chi connectivity index (χ4v) is 2.91. The molecule has 21 heavy (non-hydrogen) atoms. The number of anilines is 1. The Hall–Kier alpha value is -0.860. The van der Waals surface area contributed by atoms with E-state index in [2.05, 4.69) is 15.0 Å². The van der Waals surface area contributed by atoms with Gasteiger partial charge in [0.15, 0.2) is 16.8 Å². The van der Waals surface area contributed by atoms with Gasteiger partial charge in [-0.25, -0.2) is 9.97 Å². The normalized spacial score (nSPS) is 29.3. The number of aliphatic hydroxyl groups is 2. The quantitative estimate of drug-likeness (QED) is 0.401. The van der Waals surface area contributed by atoms with E-state index in [-0.39, 0.29) is 17.2 Å². The molecule has 0 spiro atoms. The maximum Gasteiger partial charge on any atom is 0.200 e. The van der Waals surface area contributed by atoms with Crippen molar-refractivity contribution in [2.24, 2.45) is 0 Å². The number of hydrogen-bond donors (Lipinski definition) is 4. The first kappa shape index (κ1) is 15.1. The summed E-state index contributed by atoms with van der Waals surface area (Å²) in [6.45, 7) is 0.154. The lowest BCUT2D eigenvalue weighted by Crippen LogP contribution is -2.33. The summed E-state index contributed by atoms with van der Waals surface area (Å²) in [7, 11) is 0. The lowest BCUT2D eigenvalue weighted by Gasteiger charge is -2.16. The Bertz CT molecular complexity index is 721. The number of aromatic amines is 1. The van der Waals surface area contributed by atoms with E-state index in [0.717, 1.165) is 0 Å². The number of aliphatic hydroxyl groups excluding tert-OH is 2. The topological polar surface area (TPSA) is 131 Å². The fraction of sp³-hybridized carbons (Fsp3) is 0.500. The molecule has 3 rings (SSSR count). The first-order valence-electron chi connectivity index (χ1n) is 6.00. The van der Waals surface area contributed by atoms with Crippen molar-refractivity contribution >= 4 is 52.3 Å². The van der Waals surface area contributed by atoms with Crippen molar-refractivity contribution in [2.75, 3.05) is 12.3 Å². The highest BCUT2D eigenvalue weighted by atomic mass is 127. The van der Waals surface area contributed by atoms with Crippen molar-refractivity contribution in [3.8, 4) is 0 Å². The fourth-order valence-electron chi connectivity index (χ4n) is 2.30. The number of imidazole rings is 1. The standard InChI is InChI=1S/C10H12IN5O4S/c11-19-1-3-5(17)6(18)9(20-3)16-2-13-4-7(16)14-10(12)15-8(4)21/h2-3,5-6,9,17-18H,1H2,(H3,12,14,15,21)/t3-,5?,6?,9-/m1/s1. The first-order chi connectivity index (χ1) is 10.0. The number of nitrogens with zero attached hydrogens (tertiary/aromatic N) is 3. The number of ether oxygens (including phenoxy) is 1. The van der Waals surface area contributed by atoms with Crippen molar-refractivity contribution in [1.29, 1.82) is 0 Å². The molecule has 114 valence electrons. The summed E-state index contributed by atoms with van der Waals surface area (Å²) in [5.41, 5.74) is 6.55. The average Bonchev–Trinajstić information content (AvgIpc) is 2.96. The zero-order valence-corrected chi connectivity index (χ0v) is 13.5. The largest absolute Gasteiger partial charge is 0.387 e. The van der Waals surface area contributed by atoms with Crippen molar-refractivity contribution in [3.63, 3.8) is 0 Å². The minimum Gasteiger partial charge on any atom is -0.387 e. The maximum absolute atomic E-state index is 10.2. The van der Waals surface area contributed by atoms with Gasteiger partial charge in [-0.05, 0) is 0 Å². The third-order valence-corrected chi connectivity index (χ3v) is 3.95. The molecule has 1 aliphatic heterocycles. The molecule has 2 aromatic rings. The van der Waals surface area contributed by atoms with E-state index in [1.165, 1.54) is 10.9 Å². The predicted octanol–water partition coefficient (Wildman–Crippen LogP) is 0.0569. The summed E-state index contributed by atoms with van der Waals surface area (Å²) >= 11 is 6.79. The van der Waals surface area contributed by atoms with Crippen LogP contribution in [0.2, 0.25) is 0 Å². The summed E-state index contributed by atoms with van der Waals surface area (Å²) in [5, 5.41) is 20.1. The monoisotopic (exact) mass is 425 g/mol. The Labute approximate surface area is 137 Å². The summed E-state index contributed by atoms with van der Waals surface area (Å²) in [6, 6.07) is 0. The van der Waals surface area contributed by atoms with Gasteiger partial charge in [0.05, 0.1) is 12.9 Å². The molecule has 0 amide bonds. The molecule has 1 fully saturated rings. The van der Waals surface area contributed by atoms with E-state index in [0.29, 0.717) is 11.2 Å². The van der Waals surface area contributed by atoms with Crippen LogP contribution in [0.3, 0.4) is 0 Å². The zero-order chi connectivity index (χ0) is 15.1. The van der Waals surface area contributed by atoms with Crippen LogP contribution in [0, 0.1) is 4.64 Å². The summed E-state index contributed by atoms with van der Waals surface area (Å²) < 4.78 is 12.3. The number of halogens is 1. The number of aromatic nitrogens is 4. The van der Waals surface area contributed by atoms with Crippen molar-refractivity contribution in [3.05, 3.63) is 11.0 Å². The Morgan fingerprint density at radius 2 is 2.29 bits per heavy atom. The second kappa shape index (κ2) is 5.73. The lowest BCUT2D eigenvalue weighted by atomic mass is 10.1. The molecular formula is C10H12IN5O4S. The van der Waals surface area contributed by atoms with Crippen LogP contribution in [0.1, 0.15) is 6.23 Å². The van der Waals surface area contributed by atoms with Gasteiger partial charge < -0.3 is 28.7 Å². The predicted molar refractivity (Wildman–Crippen MR) is 83.0 cm³/mol. The Balaban J connectivity index is 2.03. The van der Waals surface area contributed by atoms with Gasteiger partial charge in [0, 0.05) is 0 Å². The third-order valence-electron chi connectivity index (χ3n) is 3.30. The van der Waals surface area contributed by atoms with Gasteiger partial charge in [0.25, 0.3) is 0 Å². The zero-order valence-electron chi connectivity index (χ0n) is 10.5. The number of nitrogens with two attached hydrogens (primary N) is 1. The molecule has 2 aromatic heterocycles. The Morgan fingerprint density at radius 3 is 3.00 bits per heavy atom. The van der Waals surface area contributed by atoms with Crippen LogP contribution in [0.25, 0.3) is 11.2 Å². The summed E-state index contributed by atoms with van der Waals surface area (Å²) in [6.07, 6.45) is -2.21. The highest BCUT2D eigenvalue weighted by Crippen LogP contribution is 2.31. The highest BCUT2D eigenvalue weighted by molar-refractivity contribution is 14.1. The molecule has 1 aliphatic rings. The Kier molecular flexibility index (Phi) is 4.11. The molecular weight excluding hydrogens is 413 g/mol.